The summed E-state index contributed by atoms with van der Waals surface area (Å²) in [5, 5.41) is 5.01. The summed E-state index contributed by atoms with van der Waals surface area (Å²) in [6.45, 7) is 3.31. The Morgan fingerprint density at radius 2 is 1.62 bits per heavy atom. The molecule has 3 aromatic rings. The van der Waals surface area contributed by atoms with Crippen LogP contribution < -0.4 is 15.4 Å². The molecule has 1 aliphatic rings. The number of nitrogens with one attached hydrogen (secondary N) is 2. The molecule has 0 aromatic heterocycles. The number of amides is 2. The molecule has 2 amide bonds. The van der Waals surface area contributed by atoms with Crippen molar-refractivity contribution in [3.05, 3.63) is 89.2 Å². The number of fused-ring (bicyclic) bond motifs is 3. The van der Waals surface area contributed by atoms with E-state index in [1.54, 1.807) is 6.92 Å². The van der Waals surface area contributed by atoms with Gasteiger partial charge in [-0.25, -0.2) is 14.0 Å². The van der Waals surface area contributed by atoms with E-state index in [2.05, 4.69) is 22.5 Å². The van der Waals surface area contributed by atoms with E-state index in [0.29, 0.717) is 0 Å². The van der Waals surface area contributed by atoms with E-state index in [1.165, 1.54) is 19.1 Å². The zero-order valence-corrected chi connectivity index (χ0v) is 22.3. The number of esters is 1. The first-order valence-corrected chi connectivity index (χ1v) is 12.7. The van der Waals surface area contributed by atoms with Crippen LogP contribution in [0.2, 0.25) is 0 Å². The first kappa shape index (κ1) is 28.2. The number of ether oxygens (including phenoxy) is 3. The van der Waals surface area contributed by atoms with Crippen LogP contribution in [0.1, 0.15) is 41.3 Å². The van der Waals surface area contributed by atoms with Gasteiger partial charge in [0.1, 0.15) is 30.8 Å². The van der Waals surface area contributed by atoms with E-state index in [0.717, 1.165) is 35.4 Å². The maximum absolute atomic E-state index is 14.6. The maximum Gasteiger partial charge on any atom is 0.407 e. The molecule has 1 aliphatic carbocycles. The molecule has 2 N–H and O–H groups in total. The van der Waals surface area contributed by atoms with Gasteiger partial charge in [-0.3, -0.25) is 4.79 Å². The van der Waals surface area contributed by atoms with Gasteiger partial charge in [0.15, 0.2) is 0 Å². The second-order valence-corrected chi connectivity index (χ2v) is 9.09. The predicted molar refractivity (Wildman–Crippen MR) is 146 cm³/mol. The van der Waals surface area contributed by atoms with Gasteiger partial charge < -0.3 is 24.8 Å². The fourth-order valence-corrected chi connectivity index (χ4v) is 4.60. The lowest BCUT2D eigenvalue weighted by atomic mass is 9.98. The smallest absolute Gasteiger partial charge is 0.407 e. The van der Waals surface area contributed by atoms with Crippen molar-refractivity contribution < 1.29 is 33.0 Å². The van der Waals surface area contributed by atoms with Gasteiger partial charge in [0, 0.05) is 12.0 Å². The maximum atomic E-state index is 14.6. The van der Waals surface area contributed by atoms with E-state index in [9.17, 15) is 18.8 Å². The SMILES string of the molecule is CC#CCOc1ccc(C(=O)N[C@H](C(=O)OC)[C@@H](C)NC(=O)OCC2c3ccccc3-c3ccccc32)c(F)c1. The molecule has 0 unspecified atom stereocenters. The summed E-state index contributed by atoms with van der Waals surface area (Å²) in [5.41, 5.74) is 3.99. The van der Waals surface area contributed by atoms with E-state index < -0.39 is 35.9 Å². The zero-order valence-electron chi connectivity index (χ0n) is 22.3. The molecule has 0 heterocycles. The number of hydrogen-bond acceptors (Lipinski definition) is 6. The lowest BCUT2D eigenvalue weighted by molar-refractivity contribution is -0.143. The van der Waals surface area contributed by atoms with Crippen LogP contribution in [0.25, 0.3) is 11.1 Å². The minimum Gasteiger partial charge on any atom is -0.481 e. The third-order valence-electron chi connectivity index (χ3n) is 6.60. The van der Waals surface area contributed by atoms with Crippen molar-refractivity contribution in [2.45, 2.75) is 31.8 Å². The molecule has 0 spiro atoms. The molecular weight excluding hydrogens is 515 g/mol. The third-order valence-corrected chi connectivity index (χ3v) is 6.60. The first-order chi connectivity index (χ1) is 19.3. The summed E-state index contributed by atoms with van der Waals surface area (Å²) in [6.07, 6.45) is -0.777. The molecule has 0 bridgehead atoms. The van der Waals surface area contributed by atoms with Gasteiger partial charge in [0.05, 0.1) is 18.7 Å². The molecule has 9 heteroatoms. The second kappa shape index (κ2) is 12.8. The molecule has 0 saturated carbocycles. The van der Waals surface area contributed by atoms with Crippen molar-refractivity contribution >= 4 is 18.0 Å². The van der Waals surface area contributed by atoms with Gasteiger partial charge in [-0.1, -0.05) is 54.5 Å². The van der Waals surface area contributed by atoms with Crippen molar-refractivity contribution in [1.82, 2.24) is 10.6 Å². The summed E-state index contributed by atoms with van der Waals surface area (Å²) in [6, 6.07) is 17.3. The average molecular weight is 545 g/mol. The van der Waals surface area contributed by atoms with Crippen LogP contribution in [-0.2, 0) is 14.3 Å². The molecule has 40 heavy (non-hydrogen) atoms. The van der Waals surface area contributed by atoms with Gasteiger partial charge >= 0.3 is 12.1 Å². The third kappa shape index (κ3) is 6.24. The van der Waals surface area contributed by atoms with Crippen LogP contribution in [-0.4, -0.2) is 50.4 Å². The Balaban J connectivity index is 1.39. The number of rotatable bonds is 9. The Labute approximate surface area is 231 Å². The summed E-state index contributed by atoms with van der Waals surface area (Å²) < 4.78 is 30.3. The minimum absolute atomic E-state index is 0.0744. The molecule has 3 aromatic carbocycles. The highest BCUT2D eigenvalue weighted by Crippen LogP contribution is 2.44. The van der Waals surface area contributed by atoms with Crippen molar-refractivity contribution in [3.8, 4) is 28.7 Å². The van der Waals surface area contributed by atoms with Gasteiger partial charge in [-0.05, 0) is 48.2 Å². The minimum atomic E-state index is -1.31. The van der Waals surface area contributed by atoms with Crippen molar-refractivity contribution in [2.24, 2.45) is 0 Å². The number of carbonyl (C=O) groups is 3. The highest BCUT2D eigenvalue weighted by atomic mass is 19.1. The van der Waals surface area contributed by atoms with Crippen LogP contribution in [0.15, 0.2) is 66.7 Å². The predicted octanol–water partition coefficient (Wildman–Crippen LogP) is 4.43. The van der Waals surface area contributed by atoms with E-state index in [1.807, 2.05) is 48.5 Å². The monoisotopic (exact) mass is 544 g/mol. The fraction of sp³-hybridized carbons (Fsp3) is 0.258. The molecular formula is C31H29FN2O6. The number of hydrogen-bond donors (Lipinski definition) is 2. The van der Waals surface area contributed by atoms with Crippen LogP contribution in [0, 0.1) is 17.7 Å². The molecule has 8 nitrogen and oxygen atoms in total. The quantitative estimate of drug-likeness (QED) is 0.305. The van der Waals surface area contributed by atoms with Crippen LogP contribution in [0.5, 0.6) is 5.75 Å². The van der Waals surface area contributed by atoms with Crippen LogP contribution in [0.3, 0.4) is 0 Å². The molecule has 206 valence electrons. The van der Waals surface area contributed by atoms with Gasteiger partial charge in [0.2, 0.25) is 0 Å². The van der Waals surface area contributed by atoms with Crippen molar-refractivity contribution in [1.29, 1.82) is 0 Å². The lowest BCUT2D eigenvalue weighted by Crippen LogP contribution is -2.55. The van der Waals surface area contributed by atoms with E-state index in [-0.39, 0.29) is 30.4 Å². The normalized spacial score (nSPS) is 13.0. The molecule has 0 radical (unpaired) electrons. The Morgan fingerprint density at radius 3 is 2.23 bits per heavy atom. The highest BCUT2D eigenvalue weighted by molar-refractivity contribution is 5.97. The summed E-state index contributed by atoms with van der Waals surface area (Å²) in [4.78, 5) is 38.0. The number of benzene rings is 3. The number of halogens is 1. The molecule has 0 aliphatic heterocycles. The molecule has 0 fully saturated rings. The van der Waals surface area contributed by atoms with Gasteiger partial charge in [-0.2, -0.15) is 0 Å². The van der Waals surface area contributed by atoms with Crippen LogP contribution >= 0.6 is 0 Å². The number of alkyl carbamates (subject to hydrolysis) is 1. The zero-order chi connectivity index (χ0) is 28.6. The Morgan fingerprint density at radius 1 is 0.975 bits per heavy atom. The van der Waals surface area contributed by atoms with Crippen molar-refractivity contribution in [2.75, 3.05) is 20.3 Å². The number of carbonyl (C=O) groups excluding carboxylic acids is 3. The van der Waals surface area contributed by atoms with Gasteiger partial charge in [0.25, 0.3) is 5.91 Å². The van der Waals surface area contributed by atoms with E-state index >= 15 is 0 Å². The fourth-order valence-electron chi connectivity index (χ4n) is 4.60. The molecule has 4 rings (SSSR count). The highest BCUT2D eigenvalue weighted by Gasteiger charge is 2.32. The Kier molecular flexibility index (Phi) is 9.02. The Bertz CT molecular complexity index is 1430. The molecule has 0 saturated heterocycles. The summed E-state index contributed by atoms with van der Waals surface area (Å²) >= 11 is 0. The molecule has 2 atom stereocenters. The van der Waals surface area contributed by atoms with Crippen LogP contribution in [0.4, 0.5) is 9.18 Å². The number of methoxy groups -OCH3 is 1. The van der Waals surface area contributed by atoms with E-state index in [4.69, 9.17) is 14.2 Å². The average Bonchev–Trinajstić information content (AvgIpc) is 3.28. The van der Waals surface area contributed by atoms with Crippen molar-refractivity contribution in [3.63, 3.8) is 0 Å². The Hall–Kier alpha value is -4.84. The second-order valence-electron chi connectivity index (χ2n) is 9.09. The van der Waals surface area contributed by atoms with Gasteiger partial charge in [-0.15, -0.1) is 5.92 Å². The standard InChI is InChI=1S/C31H29FN2O6/c1-4-5-16-39-20-14-15-25(27(32)17-20)29(35)34-28(30(36)38-3)19(2)33-31(37)40-18-26-23-12-8-6-10-21(23)22-11-7-9-13-24(22)26/h6-15,17,19,26,28H,16,18H2,1-3H3,(H,33,37)(H,34,35)/t19-,28+/m1/s1. The largest absolute Gasteiger partial charge is 0.481 e. The first-order valence-electron chi connectivity index (χ1n) is 12.7. The topological polar surface area (TPSA) is 103 Å². The summed E-state index contributed by atoms with van der Waals surface area (Å²) in [5.74, 6) is 2.87. The lowest BCUT2D eigenvalue weighted by Gasteiger charge is -2.24. The summed E-state index contributed by atoms with van der Waals surface area (Å²) in [7, 11) is 1.15.